The lowest BCUT2D eigenvalue weighted by Crippen LogP contribution is -2.40. The Hall–Kier alpha value is -2.87. The molecule has 1 aromatic heterocycles. The van der Waals surface area contributed by atoms with Crippen LogP contribution in [0.1, 0.15) is 18.3 Å². The molecule has 3 rings (SSSR count). The summed E-state index contributed by atoms with van der Waals surface area (Å²) >= 11 is 1.80. The summed E-state index contributed by atoms with van der Waals surface area (Å²) < 4.78 is 15.2. The minimum Gasteiger partial charge on any atom is -0.356 e. The highest BCUT2D eigenvalue weighted by Crippen LogP contribution is 2.15. The van der Waals surface area contributed by atoms with Gasteiger partial charge in [-0.2, -0.15) is 0 Å². The van der Waals surface area contributed by atoms with Crippen LogP contribution in [0.2, 0.25) is 0 Å². The van der Waals surface area contributed by atoms with Crippen LogP contribution in [0.5, 0.6) is 0 Å². The molecule has 0 saturated heterocycles. The number of hydrogen-bond acceptors (Lipinski definition) is 4. The van der Waals surface area contributed by atoms with Gasteiger partial charge in [-0.05, 0) is 29.8 Å². The number of rotatable bonds is 10. The second-order valence-corrected chi connectivity index (χ2v) is 7.77. The van der Waals surface area contributed by atoms with E-state index in [2.05, 4.69) is 44.9 Å². The number of nitrogens with zero attached hydrogens (tertiary/aromatic N) is 4. The maximum absolute atomic E-state index is 13.1. The molecule has 3 aromatic rings. The summed E-state index contributed by atoms with van der Waals surface area (Å²) in [5.41, 5.74) is 0.961. The predicted molar refractivity (Wildman–Crippen MR) is 120 cm³/mol. The molecule has 0 aliphatic carbocycles. The van der Waals surface area contributed by atoms with Crippen molar-refractivity contribution in [3.05, 3.63) is 78.1 Å². The molecule has 8 heteroatoms. The number of aliphatic imine (C=N–C) groups is 1. The van der Waals surface area contributed by atoms with Crippen LogP contribution in [0.25, 0.3) is 0 Å². The van der Waals surface area contributed by atoms with Crippen LogP contribution in [-0.4, -0.2) is 39.6 Å². The van der Waals surface area contributed by atoms with Crippen molar-refractivity contribution in [3.8, 4) is 0 Å². The second kappa shape index (κ2) is 12.0. The fourth-order valence-electron chi connectivity index (χ4n) is 2.82. The first-order valence-electron chi connectivity index (χ1n) is 10.1. The van der Waals surface area contributed by atoms with E-state index in [1.165, 1.54) is 17.0 Å². The molecule has 0 aliphatic rings. The van der Waals surface area contributed by atoms with E-state index >= 15 is 0 Å². The number of guanidine groups is 1. The van der Waals surface area contributed by atoms with Crippen molar-refractivity contribution >= 4 is 17.7 Å². The summed E-state index contributed by atoms with van der Waals surface area (Å²) in [4.78, 5) is 5.90. The molecular weight excluding hydrogens is 399 g/mol. The molecule has 6 nitrogen and oxygen atoms in total. The van der Waals surface area contributed by atoms with Crippen LogP contribution < -0.4 is 10.6 Å². The van der Waals surface area contributed by atoms with Crippen LogP contribution in [0, 0.1) is 5.82 Å². The van der Waals surface area contributed by atoms with Gasteiger partial charge < -0.3 is 15.2 Å². The monoisotopic (exact) mass is 426 g/mol. The Labute approximate surface area is 181 Å². The Morgan fingerprint density at radius 2 is 1.83 bits per heavy atom. The molecule has 0 spiro atoms. The van der Waals surface area contributed by atoms with E-state index in [1.807, 2.05) is 22.8 Å². The quantitative estimate of drug-likeness (QED) is 0.225. The molecule has 2 N–H and O–H groups in total. The lowest BCUT2D eigenvalue weighted by atomic mass is 10.2. The number of aromatic nitrogens is 3. The third-order valence-electron chi connectivity index (χ3n) is 4.40. The molecule has 0 bridgehead atoms. The van der Waals surface area contributed by atoms with E-state index in [9.17, 15) is 4.39 Å². The van der Waals surface area contributed by atoms with Gasteiger partial charge in [-0.3, -0.25) is 0 Å². The topological polar surface area (TPSA) is 67.1 Å². The van der Waals surface area contributed by atoms with Gasteiger partial charge in [0.15, 0.2) is 5.96 Å². The normalized spacial score (nSPS) is 11.5. The van der Waals surface area contributed by atoms with Gasteiger partial charge in [0.2, 0.25) is 0 Å². The van der Waals surface area contributed by atoms with Crippen molar-refractivity contribution in [1.82, 2.24) is 25.4 Å². The number of thioether (sulfide) groups is 1. The van der Waals surface area contributed by atoms with Gasteiger partial charge >= 0.3 is 0 Å². The Bertz CT molecular complexity index is 911. The highest BCUT2D eigenvalue weighted by Gasteiger charge is 2.03. The van der Waals surface area contributed by atoms with E-state index in [0.717, 1.165) is 42.6 Å². The van der Waals surface area contributed by atoms with E-state index in [4.69, 9.17) is 0 Å². The van der Waals surface area contributed by atoms with Crippen LogP contribution in [-0.2, 0) is 19.5 Å². The molecular formula is C22H27FN6S. The summed E-state index contributed by atoms with van der Waals surface area (Å²) in [5.74, 6) is 2.39. The van der Waals surface area contributed by atoms with Gasteiger partial charge in [0, 0.05) is 36.7 Å². The smallest absolute Gasteiger partial charge is 0.191 e. The van der Waals surface area contributed by atoms with E-state index < -0.39 is 0 Å². The Morgan fingerprint density at radius 1 is 1.07 bits per heavy atom. The van der Waals surface area contributed by atoms with Gasteiger partial charge in [0.1, 0.15) is 18.0 Å². The molecule has 0 atom stereocenters. The molecule has 0 saturated carbocycles. The van der Waals surface area contributed by atoms with Crippen LogP contribution in [0.15, 0.2) is 70.8 Å². The number of halogens is 1. The van der Waals surface area contributed by atoms with Gasteiger partial charge in [0.05, 0.1) is 6.54 Å². The first kappa shape index (κ1) is 21.8. The maximum atomic E-state index is 13.1. The second-order valence-electron chi connectivity index (χ2n) is 6.60. The highest BCUT2D eigenvalue weighted by molar-refractivity contribution is 7.99. The number of aryl methyl sites for hydroxylation is 1. The van der Waals surface area contributed by atoms with Crippen molar-refractivity contribution in [2.75, 3.05) is 18.8 Å². The fraction of sp³-hybridized carbons (Fsp3) is 0.318. The van der Waals surface area contributed by atoms with Crippen molar-refractivity contribution in [1.29, 1.82) is 0 Å². The standard InChI is InChI=1S/C22H27FN6S/c1-2-21-28-27-17-29(21)14-12-24-22(26-16-18-8-10-19(23)11-9-18)25-13-15-30-20-6-4-3-5-7-20/h3-11,17H,2,12-16H2,1H3,(H2,24,25,26). The largest absolute Gasteiger partial charge is 0.356 e. The minimum absolute atomic E-state index is 0.238. The van der Waals surface area contributed by atoms with E-state index in [-0.39, 0.29) is 5.82 Å². The Kier molecular flexibility index (Phi) is 8.71. The van der Waals surface area contributed by atoms with E-state index in [1.54, 1.807) is 30.2 Å². The van der Waals surface area contributed by atoms with E-state index in [0.29, 0.717) is 13.1 Å². The zero-order valence-corrected chi connectivity index (χ0v) is 17.9. The SMILES string of the molecule is CCc1nncn1CCNC(=NCc1ccc(F)cc1)NCCSc1ccccc1. The summed E-state index contributed by atoms with van der Waals surface area (Å²) in [6.07, 6.45) is 2.60. The van der Waals surface area contributed by atoms with Crippen LogP contribution in [0.4, 0.5) is 4.39 Å². The molecule has 1 heterocycles. The third kappa shape index (κ3) is 7.18. The molecule has 158 valence electrons. The highest BCUT2D eigenvalue weighted by atomic mass is 32.2. The van der Waals surface area contributed by atoms with Gasteiger partial charge in [-0.1, -0.05) is 37.3 Å². The van der Waals surface area contributed by atoms with Crippen molar-refractivity contribution < 1.29 is 4.39 Å². The van der Waals surface area contributed by atoms with Crippen molar-refractivity contribution in [2.45, 2.75) is 31.3 Å². The Balaban J connectivity index is 1.52. The van der Waals surface area contributed by atoms with Gasteiger partial charge in [-0.15, -0.1) is 22.0 Å². The summed E-state index contributed by atoms with van der Waals surface area (Å²) in [5, 5.41) is 14.8. The Morgan fingerprint density at radius 3 is 2.60 bits per heavy atom. The summed E-state index contributed by atoms with van der Waals surface area (Å²) in [6, 6.07) is 16.8. The van der Waals surface area contributed by atoms with Crippen LogP contribution in [0.3, 0.4) is 0 Å². The maximum Gasteiger partial charge on any atom is 0.191 e. The van der Waals surface area contributed by atoms with Gasteiger partial charge in [-0.25, -0.2) is 9.38 Å². The molecule has 0 radical (unpaired) electrons. The molecule has 0 fully saturated rings. The zero-order chi connectivity index (χ0) is 21.0. The van der Waals surface area contributed by atoms with Crippen molar-refractivity contribution in [2.24, 2.45) is 4.99 Å². The first-order valence-corrected chi connectivity index (χ1v) is 11.0. The molecule has 30 heavy (non-hydrogen) atoms. The van der Waals surface area contributed by atoms with Crippen molar-refractivity contribution in [3.63, 3.8) is 0 Å². The predicted octanol–water partition coefficient (Wildman–Crippen LogP) is 3.51. The minimum atomic E-state index is -0.238. The van der Waals surface area contributed by atoms with Crippen LogP contribution >= 0.6 is 11.8 Å². The summed E-state index contributed by atoms with van der Waals surface area (Å²) in [6.45, 7) is 4.78. The molecule has 2 aromatic carbocycles. The number of hydrogen-bond donors (Lipinski definition) is 2. The lowest BCUT2D eigenvalue weighted by molar-refractivity contribution is 0.626. The zero-order valence-electron chi connectivity index (χ0n) is 17.1. The molecule has 0 aliphatic heterocycles. The number of nitrogens with one attached hydrogen (secondary N) is 2. The molecule has 0 amide bonds. The number of benzene rings is 2. The third-order valence-corrected chi connectivity index (χ3v) is 5.41. The lowest BCUT2D eigenvalue weighted by Gasteiger charge is -2.13. The van der Waals surface area contributed by atoms with Gasteiger partial charge in [0.25, 0.3) is 0 Å². The average Bonchev–Trinajstić information content (AvgIpc) is 3.24. The average molecular weight is 427 g/mol. The first-order chi connectivity index (χ1) is 14.7. The summed E-state index contributed by atoms with van der Waals surface area (Å²) in [7, 11) is 0. The molecule has 0 unspecified atom stereocenters. The fourth-order valence-corrected chi connectivity index (χ4v) is 3.61.